The summed E-state index contributed by atoms with van der Waals surface area (Å²) in [5.41, 5.74) is 2.16. The van der Waals surface area contributed by atoms with Crippen LogP contribution in [0.4, 0.5) is 9.93 Å². The maximum atomic E-state index is 12.5. The number of rotatable bonds is 2. The highest BCUT2D eigenvalue weighted by molar-refractivity contribution is 7.22. The molecule has 1 aromatic heterocycles. The topological polar surface area (TPSA) is 63.7 Å². The van der Waals surface area contributed by atoms with Gasteiger partial charge in [0.2, 0.25) is 0 Å². The molecule has 4 heterocycles. The van der Waals surface area contributed by atoms with Crippen molar-refractivity contribution in [1.82, 2.24) is 10.3 Å². The first-order valence-electron chi connectivity index (χ1n) is 8.51. The van der Waals surface area contributed by atoms with Gasteiger partial charge in [-0.05, 0) is 25.0 Å². The number of nitrogens with zero attached hydrogens (tertiary/aromatic N) is 2. The van der Waals surface area contributed by atoms with Gasteiger partial charge in [0.05, 0.1) is 41.6 Å². The smallest absolute Gasteiger partial charge is 0.324 e. The molecular formula is C17H19N3O3S. The predicted octanol–water partition coefficient (Wildman–Crippen LogP) is 2.70. The van der Waals surface area contributed by atoms with Gasteiger partial charge in [0.25, 0.3) is 0 Å². The normalized spacial score (nSPS) is 28.6. The Morgan fingerprint density at radius 2 is 2.38 bits per heavy atom. The summed E-state index contributed by atoms with van der Waals surface area (Å²) in [6, 6.07) is 4.19. The van der Waals surface area contributed by atoms with E-state index in [-0.39, 0.29) is 24.2 Å². The second-order valence-corrected chi connectivity index (χ2v) is 7.59. The van der Waals surface area contributed by atoms with Crippen LogP contribution in [0.2, 0.25) is 0 Å². The summed E-state index contributed by atoms with van der Waals surface area (Å²) in [6.07, 6.45) is 2.93. The van der Waals surface area contributed by atoms with Crippen molar-refractivity contribution in [2.24, 2.45) is 0 Å². The van der Waals surface area contributed by atoms with E-state index in [2.05, 4.69) is 12.2 Å². The van der Waals surface area contributed by atoms with E-state index >= 15 is 0 Å². The zero-order chi connectivity index (χ0) is 16.3. The third-order valence-electron chi connectivity index (χ3n) is 5.22. The Morgan fingerprint density at radius 3 is 3.25 bits per heavy atom. The maximum Gasteiger partial charge on any atom is 0.324 e. The maximum absolute atomic E-state index is 12.5. The van der Waals surface area contributed by atoms with E-state index in [1.165, 1.54) is 5.56 Å². The molecule has 0 bridgehead atoms. The van der Waals surface area contributed by atoms with Crippen molar-refractivity contribution in [1.29, 1.82) is 0 Å². The molecule has 126 valence electrons. The van der Waals surface area contributed by atoms with Gasteiger partial charge < -0.3 is 14.8 Å². The van der Waals surface area contributed by atoms with Crippen LogP contribution in [-0.4, -0.2) is 42.4 Å². The number of thiazole rings is 1. The van der Waals surface area contributed by atoms with E-state index in [9.17, 15) is 4.79 Å². The standard InChI is InChI=1S/C17H19N3O3S/c1-2-9-7-12-11(8-23-9)18-16(21)20(12)17-19-15-10-5-6-22-13(10)3-4-14(15)24-17/h3-4,9,11-12H,2,5-8H2,1H3,(H,18,21). The quantitative estimate of drug-likeness (QED) is 0.909. The summed E-state index contributed by atoms with van der Waals surface area (Å²) in [7, 11) is 0. The van der Waals surface area contributed by atoms with Crippen LogP contribution in [0.3, 0.4) is 0 Å². The van der Waals surface area contributed by atoms with Crippen molar-refractivity contribution in [3.05, 3.63) is 17.7 Å². The molecule has 1 N–H and O–H groups in total. The van der Waals surface area contributed by atoms with Gasteiger partial charge in [-0.25, -0.2) is 9.78 Å². The number of anilines is 1. The largest absolute Gasteiger partial charge is 0.493 e. The van der Waals surface area contributed by atoms with Crippen molar-refractivity contribution < 1.29 is 14.3 Å². The van der Waals surface area contributed by atoms with Gasteiger partial charge >= 0.3 is 6.03 Å². The lowest BCUT2D eigenvalue weighted by Crippen LogP contribution is -2.47. The average molecular weight is 345 g/mol. The molecule has 2 saturated heterocycles. The Labute approximate surface area is 143 Å². The summed E-state index contributed by atoms with van der Waals surface area (Å²) in [5.74, 6) is 0.931. The number of fused-ring (bicyclic) bond motifs is 4. The summed E-state index contributed by atoms with van der Waals surface area (Å²) in [6.45, 7) is 3.42. The zero-order valence-corrected chi connectivity index (χ0v) is 14.3. The molecule has 0 spiro atoms. The first kappa shape index (κ1) is 14.5. The third kappa shape index (κ3) is 2.04. The lowest BCUT2D eigenvalue weighted by atomic mass is 9.98. The molecule has 2 fully saturated rings. The number of urea groups is 1. The molecule has 5 rings (SSSR count). The van der Waals surface area contributed by atoms with Crippen molar-refractivity contribution in [3.8, 4) is 5.75 Å². The Morgan fingerprint density at radius 1 is 1.46 bits per heavy atom. The fraction of sp³-hybridized carbons (Fsp3) is 0.529. The van der Waals surface area contributed by atoms with Crippen molar-refractivity contribution >= 4 is 32.7 Å². The number of amides is 2. The lowest BCUT2D eigenvalue weighted by Gasteiger charge is -2.33. The SMILES string of the molecule is CCC1CC2C(CO1)NC(=O)N2c1nc2c3c(ccc2s1)OCC3. The minimum Gasteiger partial charge on any atom is -0.493 e. The Balaban J connectivity index is 1.55. The molecule has 6 nitrogen and oxygen atoms in total. The minimum absolute atomic E-state index is 0.0568. The van der Waals surface area contributed by atoms with Crippen LogP contribution in [0.25, 0.3) is 10.2 Å². The molecule has 2 amide bonds. The van der Waals surface area contributed by atoms with Crippen molar-refractivity contribution in [2.75, 3.05) is 18.1 Å². The molecule has 1 aromatic carbocycles. The van der Waals surface area contributed by atoms with Crippen LogP contribution in [0.15, 0.2) is 12.1 Å². The minimum atomic E-state index is -0.0581. The van der Waals surface area contributed by atoms with Crippen LogP contribution >= 0.6 is 11.3 Å². The first-order chi connectivity index (χ1) is 11.7. The number of hydrogen-bond donors (Lipinski definition) is 1. The lowest BCUT2D eigenvalue weighted by molar-refractivity contribution is -0.00414. The van der Waals surface area contributed by atoms with E-state index in [4.69, 9.17) is 14.5 Å². The van der Waals surface area contributed by atoms with E-state index in [0.717, 1.165) is 40.4 Å². The van der Waals surface area contributed by atoms with Crippen LogP contribution < -0.4 is 15.0 Å². The summed E-state index contributed by atoms with van der Waals surface area (Å²) < 4.78 is 12.6. The molecule has 3 atom stereocenters. The summed E-state index contributed by atoms with van der Waals surface area (Å²) in [5, 5.41) is 3.83. The molecule has 0 aliphatic carbocycles. The number of benzene rings is 1. The fourth-order valence-electron chi connectivity index (χ4n) is 3.93. The number of carbonyl (C=O) groups excluding carboxylic acids is 1. The second-order valence-electron chi connectivity index (χ2n) is 6.58. The monoisotopic (exact) mass is 345 g/mol. The highest BCUT2D eigenvalue weighted by Gasteiger charge is 2.45. The highest BCUT2D eigenvalue weighted by Crippen LogP contribution is 2.40. The first-order valence-corrected chi connectivity index (χ1v) is 9.33. The number of nitrogens with one attached hydrogen (secondary N) is 1. The van der Waals surface area contributed by atoms with E-state index < -0.39 is 0 Å². The predicted molar refractivity (Wildman–Crippen MR) is 92.1 cm³/mol. The molecule has 0 radical (unpaired) electrons. The molecular weight excluding hydrogens is 326 g/mol. The van der Waals surface area contributed by atoms with Crippen LogP contribution in [-0.2, 0) is 11.2 Å². The number of ether oxygens (including phenoxy) is 2. The molecule has 24 heavy (non-hydrogen) atoms. The van der Waals surface area contributed by atoms with Gasteiger partial charge in [0, 0.05) is 12.0 Å². The third-order valence-corrected chi connectivity index (χ3v) is 6.24. The van der Waals surface area contributed by atoms with E-state index in [0.29, 0.717) is 13.2 Å². The van der Waals surface area contributed by atoms with Crippen molar-refractivity contribution in [2.45, 2.75) is 44.4 Å². The van der Waals surface area contributed by atoms with E-state index in [1.807, 2.05) is 17.0 Å². The van der Waals surface area contributed by atoms with Gasteiger partial charge in [-0.3, -0.25) is 4.90 Å². The van der Waals surface area contributed by atoms with Gasteiger partial charge in [-0.15, -0.1) is 0 Å². The fourth-order valence-corrected chi connectivity index (χ4v) is 4.98. The summed E-state index contributed by atoms with van der Waals surface area (Å²) in [4.78, 5) is 19.2. The van der Waals surface area contributed by atoms with E-state index in [1.54, 1.807) is 11.3 Å². The van der Waals surface area contributed by atoms with Crippen LogP contribution in [0.1, 0.15) is 25.3 Å². The zero-order valence-electron chi connectivity index (χ0n) is 13.4. The number of aromatic nitrogens is 1. The van der Waals surface area contributed by atoms with Gasteiger partial charge in [-0.2, -0.15) is 0 Å². The van der Waals surface area contributed by atoms with Gasteiger partial charge in [0.1, 0.15) is 5.75 Å². The molecule has 0 saturated carbocycles. The summed E-state index contributed by atoms with van der Waals surface area (Å²) >= 11 is 1.59. The number of hydrogen-bond acceptors (Lipinski definition) is 5. The van der Waals surface area contributed by atoms with Crippen LogP contribution in [0, 0.1) is 0 Å². The molecule has 3 aliphatic rings. The molecule has 3 aliphatic heterocycles. The Bertz CT molecular complexity index is 821. The Hall–Kier alpha value is -1.86. The Kier molecular flexibility index (Phi) is 3.21. The molecule has 7 heteroatoms. The molecule has 2 aromatic rings. The van der Waals surface area contributed by atoms with Crippen LogP contribution in [0.5, 0.6) is 5.75 Å². The average Bonchev–Trinajstić information content (AvgIpc) is 3.28. The number of carbonyl (C=O) groups is 1. The molecule has 3 unspecified atom stereocenters. The van der Waals surface area contributed by atoms with Crippen molar-refractivity contribution in [3.63, 3.8) is 0 Å². The van der Waals surface area contributed by atoms with Gasteiger partial charge in [-0.1, -0.05) is 18.3 Å². The van der Waals surface area contributed by atoms with Gasteiger partial charge in [0.15, 0.2) is 5.13 Å². The highest BCUT2D eigenvalue weighted by atomic mass is 32.1. The second kappa shape index (κ2) is 5.32.